The molecule has 1 aromatic heterocycles. The summed E-state index contributed by atoms with van der Waals surface area (Å²) < 4.78 is 6.39. The molecule has 2 heteroatoms. The Morgan fingerprint density at radius 3 is 1.04 bits per heavy atom. The van der Waals surface area contributed by atoms with Crippen molar-refractivity contribution in [3.8, 4) is 55.6 Å². The first-order valence-electron chi connectivity index (χ1n) is 19.1. The van der Waals surface area contributed by atoms with E-state index in [2.05, 4.69) is 217 Å². The molecule has 0 bridgehead atoms. The SMILES string of the molecule is c1ccc(-c2ccc(-c3ccc(-c4ccc(N(c5ccc(-c6ccccc6)cc5)c5ccc(-c6cccc7c6oc6ccccc67)cc5)cc4)cc3)cc2)cc1. The van der Waals surface area contributed by atoms with E-state index in [1.165, 1.54) is 44.5 Å². The molecule has 0 fully saturated rings. The molecule has 0 saturated heterocycles. The van der Waals surface area contributed by atoms with Crippen LogP contribution in [0.1, 0.15) is 0 Å². The quantitative estimate of drug-likeness (QED) is 0.156. The molecule has 0 saturated carbocycles. The van der Waals surface area contributed by atoms with Gasteiger partial charge >= 0.3 is 0 Å². The van der Waals surface area contributed by atoms with Crippen LogP contribution in [0.4, 0.5) is 17.1 Å². The first-order valence-corrected chi connectivity index (χ1v) is 19.1. The molecule has 0 radical (unpaired) electrons. The van der Waals surface area contributed by atoms with Crippen LogP contribution in [0.5, 0.6) is 0 Å². The Kier molecular flexibility index (Phi) is 8.55. The normalized spacial score (nSPS) is 11.2. The summed E-state index contributed by atoms with van der Waals surface area (Å²) in [5.74, 6) is 0. The predicted octanol–water partition coefficient (Wildman–Crippen LogP) is 15.4. The van der Waals surface area contributed by atoms with Crippen molar-refractivity contribution in [2.75, 3.05) is 4.90 Å². The number of fused-ring (bicyclic) bond motifs is 3. The minimum Gasteiger partial charge on any atom is -0.455 e. The Hall–Kier alpha value is -7.42. The lowest BCUT2D eigenvalue weighted by atomic mass is 9.98. The maximum absolute atomic E-state index is 6.39. The molecule has 2 nitrogen and oxygen atoms in total. The third-order valence-electron chi connectivity index (χ3n) is 10.7. The average molecular weight is 716 g/mol. The topological polar surface area (TPSA) is 16.4 Å². The van der Waals surface area contributed by atoms with Gasteiger partial charge in [0, 0.05) is 33.4 Å². The molecule has 264 valence electrons. The standard InChI is InChI=1S/C54H37NO/c1-3-10-38(11-4-1)40-18-20-41(21-19-40)42-22-24-43(25-23-42)45-28-34-48(35-29-45)55(47-32-26-44(27-33-47)39-12-5-2-6-13-39)49-36-30-46(31-37-49)50-15-9-16-52-51-14-7-8-17-53(51)56-54(50)52/h1-37H. The lowest BCUT2D eigenvalue weighted by molar-refractivity contribution is 0.670. The number of nitrogens with zero attached hydrogens (tertiary/aromatic N) is 1. The fourth-order valence-corrected chi connectivity index (χ4v) is 7.79. The summed E-state index contributed by atoms with van der Waals surface area (Å²) in [6, 6.07) is 79.9. The van der Waals surface area contributed by atoms with E-state index in [1.807, 2.05) is 12.1 Å². The van der Waals surface area contributed by atoms with Crippen molar-refractivity contribution in [1.82, 2.24) is 0 Å². The van der Waals surface area contributed by atoms with Crippen LogP contribution in [0.2, 0.25) is 0 Å². The lowest BCUT2D eigenvalue weighted by Crippen LogP contribution is -2.09. The first kappa shape index (κ1) is 33.2. The number of anilines is 3. The fraction of sp³-hybridized carbons (Fsp3) is 0. The highest BCUT2D eigenvalue weighted by atomic mass is 16.3. The molecule has 0 spiro atoms. The van der Waals surface area contributed by atoms with E-state index in [9.17, 15) is 0 Å². The van der Waals surface area contributed by atoms with Crippen molar-refractivity contribution in [2.24, 2.45) is 0 Å². The van der Waals surface area contributed by atoms with Gasteiger partial charge in [0.25, 0.3) is 0 Å². The molecule has 0 aliphatic rings. The Morgan fingerprint density at radius 1 is 0.250 bits per heavy atom. The van der Waals surface area contributed by atoms with Crippen molar-refractivity contribution in [1.29, 1.82) is 0 Å². The Labute approximate surface area is 327 Å². The van der Waals surface area contributed by atoms with Crippen molar-refractivity contribution in [3.63, 3.8) is 0 Å². The van der Waals surface area contributed by atoms with Crippen LogP contribution in [0.25, 0.3) is 77.6 Å². The number of hydrogen-bond acceptors (Lipinski definition) is 2. The molecule has 10 aromatic rings. The molecule has 0 N–H and O–H groups in total. The minimum atomic E-state index is 0.907. The second kappa shape index (κ2) is 14.4. The second-order valence-corrected chi connectivity index (χ2v) is 14.1. The summed E-state index contributed by atoms with van der Waals surface area (Å²) in [6.07, 6.45) is 0. The zero-order valence-electron chi connectivity index (χ0n) is 30.7. The molecule has 10 rings (SSSR count). The van der Waals surface area contributed by atoms with E-state index in [4.69, 9.17) is 4.42 Å². The third-order valence-corrected chi connectivity index (χ3v) is 10.7. The molecule has 0 aliphatic heterocycles. The van der Waals surface area contributed by atoms with Gasteiger partial charge in [-0.1, -0.05) is 182 Å². The highest BCUT2D eigenvalue weighted by molar-refractivity contribution is 6.09. The highest BCUT2D eigenvalue weighted by Crippen LogP contribution is 2.40. The van der Waals surface area contributed by atoms with E-state index >= 15 is 0 Å². The summed E-state index contributed by atoms with van der Waals surface area (Å²) >= 11 is 0. The van der Waals surface area contributed by atoms with Gasteiger partial charge in [-0.25, -0.2) is 0 Å². The van der Waals surface area contributed by atoms with Gasteiger partial charge in [-0.2, -0.15) is 0 Å². The van der Waals surface area contributed by atoms with E-state index in [0.29, 0.717) is 0 Å². The monoisotopic (exact) mass is 715 g/mol. The number of para-hydroxylation sites is 2. The molecule has 56 heavy (non-hydrogen) atoms. The summed E-state index contributed by atoms with van der Waals surface area (Å²) in [7, 11) is 0. The summed E-state index contributed by atoms with van der Waals surface area (Å²) in [6.45, 7) is 0. The molecule has 1 heterocycles. The maximum atomic E-state index is 6.39. The molecule has 0 amide bonds. The van der Waals surface area contributed by atoms with Crippen LogP contribution in [-0.2, 0) is 0 Å². The number of furan rings is 1. The van der Waals surface area contributed by atoms with Crippen molar-refractivity contribution < 1.29 is 4.42 Å². The van der Waals surface area contributed by atoms with Crippen LogP contribution in [0, 0.1) is 0 Å². The molecule has 0 unspecified atom stereocenters. The van der Waals surface area contributed by atoms with E-state index in [0.717, 1.165) is 50.1 Å². The van der Waals surface area contributed by atoms with E-state index < -0.39 is 0 Å². The number of benzene rings is 9. The molecule has 0 aliphatic carbocycles. The van der Waals surface area contributed by atoms with Gasteiger partial charge in [-0.3, -0.25) is 0 Å². The molecular formula is C54H37NO. The van der Waals surface area contributed by atoms with Gasteiger partial charge in [0.05, 0.1) is 0 Å². The number of rotatable bonds is 8. The van der Waals surface area contributed by atoms with Gasteiger partial charge in [0.1, 0.15) is 11.2 Å². The van der Waals surface area contributed by atoms with Crippen molar-refractivity contribution >= 4 is 39.0 Å². The van der Waals surface area contributed by atoms with E-state index in [-0.39, 0.29) is 0 Å². The average Bonchev–Trinajstić information content (AvgIpc) is 3.67. The van der Waals surface area contributed by atoms with Crippen LogP contribution in [0.15, 0.2) is 229 Å². The second-order valence-electron chi connectivity index (χ2n) is 14.1. The molecular weight excluding hydrogens is 679 g/mol. The Morgan fingerprint density at radius 2 is 0.589 bits per heavy atom. The van der Waals surface area contributed by atoms with Crippen LogP contribution < -0.4 is 4.90 Å². The van der Waals surface area contributed by atoms with E-state index in [1.54, 1.807) is 0 Å². The summed E-state index contributed by atoms with van der Waals surface area (Å²) in [4.78, 5) is 2.33. The minimum absolute atomic E-state index is 0.907. The Balaban J connectivity index is 0.961. The third kappa shape index (κ3) is 6.34. The zero-order chi connectivity index (χ0) is 37.3. The zero-order valence-corrected chi connectivity index (χ0v) is 30.7. The largest absolute Gasteiger partial charge is 0.455 e. The van der Waals surface area contributed by atoms with Gasteiger partial charge in [0.15, 0.2) is 0 Å². The van der Waals surface area contributed by atoms with Gasteiger partial charge in [0.2, 0.25) is 0 Å². The summed E-state index contributed by atoms with van der Waals surface area (Å²) in [5.41, 5.74) is 16.9. The van der Waals surface area contributed by atoms with Crippen molar-refractivity contribution in [3.05, 3.63) is 224 Å². The van der Waals surface area contributed by atoms with Crippen LogP contribution >= 0.6 is 0 Å². The van der Waals surface area contributed by atoms with Crippen molar-refractivity contribution in [2.45, 2.75) is 0 Å². The summed E-state index contributed by atoms with van der Waals surface area (Å²) in [5, 5.41) is 2.27. The van der Waals surface area contributed by atoms with Crippen LogP contribution in [-0.4, -0.2) is 0 Å². The van der Waals surface area contributed by atoms with Crippen LogP contribution in [0.3, 0.4) is 0 Å². The maximum Gasteiger partial charge on any atom is 0.143 e. The van der Waals surface area contributed by atoms with Gasteiger partial charge < -0.3 is 9.32 Å². The Bertz CT molecular complexity index is 2890. The lowest BCUT2D eigenvalue weighted by Gasteiger charge is -2.26. The smallest absolute Gasteiger partial charge is 0.143 e. The number of hydrogen-bond donors (Lipinski definition) is 0. The predicted molar refractivity (Wildman–Crippen MR) is 236 cm³/mol. The molecule has 0 atom stereocenters. The molecule has 9 aromatic carbocycles. The van der Waals surface area contributed by atoms with Gasteiger partial charge in [-0.05, 0) is 92.5 Å². The highest BCUT2D eigenvalue weighted by Gasteiger charge is 2.16. The fourth-order valence-electron chi connectivity index (χ4n) is 7.79. The van der Waals surface area contributed by atoms with Gasteiger partial charge in [-0.15, -0.1) is 0 Å². The first-order chi connectivity index (χ1) is 27.7.